The molecule has 0 aliphatic rings. The minimum Gasteiger partial charge on any atom is -0.495 e. The molecule has 80 valence electrons. The monoisotopic (exact) mass is 204 g/mol. The highest BCUT2D eigenvalue weighted by molar-refractivity contribution is 5.89. The molecule has 0 unspecified atom stereocenters. The second kappa shape index (κ2) is 3.95. The summed E-state index contributed by atoms with van der Waals surface area (Å²) in [6.07, 6.45) is 0.902. The van der Waals surface area contributed by atoms with E-state index in [1.807, 2.05) is 12.1 Å². The maximum atomic E-state index is 5.61. The fourth-order valence-corrected chi connectivity index (χ4v) is 2.01. The minimum absolute atomic E-state index is 0.672. The van der Waals surface area contributed by atoms with Crippen LogP contribution in [0.25, 0.3) is 10.9 Å². The van der Waals surface area contributed by atoms with Gasteiger partial charge in [-0.2, -0.15) is 0 Å². The lowest BCUT2D eigenvalue weighted by Crippen LogP contribution is -2.03. The lowest BCUT2D eigenvalue weighted by atomic mass is 10.1. The second-order valence-electron chi connectivity index (χ2n) is 3.65. The van der Waals surface area contributed by atoms with Crippen molar-refractivity contribution >= 4 is 10.9 Å². The van der Waals surface area contributed by atoms with Crippen LogP contribution in [0.15, 0.2) is 18.2 Å². The summed E-state index contributed by atoms with van der Waals surface area (Å²) < 4.78 is 5.31. The van der Waals surface area contributed by atoms with Crippen molar-refractivity contribution in [3.63, 3.8) is 0 Å². The Balaban J connectivity index is 2.67. The minimum atomic E-state index is 0.672. The molecular weight excluding hydrogens is 188 g/mol. The molecule has 1 aromatic carbocycles. The van der Waals surface area contributed by atoms with Crippen LogP contribution in [0.2, 0.25) is 0 Å². The topological polar surface area (TPSA) is 51.0 Å². The molecule has 2 aromatic rings. The zero-order chi connectivity index (χ0) is 10.8. The van der Waals surface area contributed by atoms with Gasteiger partial charge in [0, 0.05) is 11.1 Å². The van der Waals surface area contributed by atoms with Gasteiger partial charge in [0.15, 0.2) is 0 Å². The van der Waals surface area contributed by atoms with E-state index in [2.05, 4.69) is 18.0 Å². The van der Waals surface area contributed by atoms with E-state index in [4.69, 9.17) is 10.5 Å². The lowest BCUT2D eigenvalue weighted by Gasteiger charge is -2.01. The van der Waals surface area contributed by atoms with E-state index >= 15 is 0 Å². The summed E-state index contributed by atoms with van der Waals surface area (Å²) in [5, 5.41) is 1.22. The standard InChI is InChI=1S/C12H16N2O/c1-8-9(6-7-13)10-4-3-5-11(15-2)12(10)14-8/h3-5,14H,6-7,13H2,1-2H3. The second-order valence-corrected chi connectivity index (χ2v) is 3.65. The number of aromatic nitrogens is 1. The summed E-state index contributed by atoms with van der Waals surface area (Å²) in [6.45, 7) is 2.75. The molecule has 0 aliphatic heterocycles. The van der Waals surface area contributed by atoms with Crippen molar-refractivity contribution in [2.24, 2.45) is 5.73 Å². The maximum absolute atomic E-state index is 5.61. The molecule has 0 radical (unpaired) electrons. The first-order valence-corrected chi connectivity index (χ1v) is 5.12. The number of fused-ring (bicyclic) bond motifs is 1. The fraction of sp³-hybridized carbons (Fsp3) is 0.333. The largest absolute Gasteiger partial charge is 0.495 e. The van der Waals surface area contributed by atoms with Gasteiger partial charge in [0.05, 0.1) is 12.6 Å². The molecule has 3 N–H and O–H groups in total. The van der Waals surface area contributed by atoms with Crippen molar-refractivity contribution in [3.8, 4) is 5.75 Å². The van der Waals surface area contributed by atoms with Gasteiger partial charge in [-0.15, -0.1) is 0 Å². The number of hydrogen-bond donors (Lipinski definition) is 2. The third kappa shape index (κ3) is 1.59. The van der Waals surface area contributed by atoms with Crippen LogP contribution in [0.1, 0.15) is 11.3 Å². The number of nitrogens with two attached hydrogens (primary N) is 1. The molecule has 0 fully saturated rings. The van der Waals surface area contributed by atoms with E-state index in [1.54, 1.807) is 7.11 Å². The Bertz CT molecular complexity index is 474. The predicted octanol–water partition coefficient (Wildman–Crippen LogP) is 1.99. The summed E-state index contributed by atoms with van der Waals surface area (Å²) in [5.74, 6) is 0.888. The average molecular weight is 204 g/mol. The molecule has 0 spiro atoms. The summed E-state index contributed by atoms with van der Waals surface area (Å²) >= 11 is 0. The first-order valence-electron chi connectivity index (χ1n) is 5.12. The molecule has 15 heavy (non-hydrogen) atoms. The van der Waals surface area contributed by atoms with E-state index in [-0.39, 0.29) is 0 Å². The predicted molar refractivity (Wildman–Crippen MR) is 62.3 cm³/mol. The van der Waals surface area contributed by atoms with E-state index in [1.165, 1.54) is 16.6 Å². The van der Waals surface area contributed by atoms with Gasteiger partial charge >= 0.3 is 0 Å². The molecule has 3 nitrogen and oxygen atoms in total. The van der Waals surface area contributed by atoms with Crippen LogP contribution in [0, 0.1) is 6.92 Å². The number of nitrogens with one attached hydrogen (secondary N) is 1. The Morgan fingerprint density at radius 3 is 2.87 bits per heavy atom. The highest BCUT2D eigenvalue weighted by Crippen LogP contribution is 2.29. The molecule has 0 aliphatic carbocycles. The SMILES string of the molecule is COc1cccc2c(CCN)c(C)[nH]c12. The zero-order valence-electron chi connectivity index (χ0n) is 9.13. The summed E-state index contributed by atoms with van der Waals surface area (Å²) in [5.41, 5.74) is 9.15. The molecule has 2 rings (SSSR count). The normalized spacial score (nSPS) is 10.9. The fourth-order valence-electron chi connectivity index (χ4n) is 2.01. The molecule has 0 amide bonds. The van der Waals surface area contributed by atoms with Gasteiger partial charge in [-0.1, -0.05) is 12.1 Å². The molecule has 3 heteroatoms. The molecule has 0 atom stereocenters. The van der Waals surface area contributed by atoms with E-state index in [0.29, 0.717) is 6.54 Å². The molecule has 1 aromatic heterocycles. The Hall–Kier alpha value is -1.48. The zero-order valence-corrected chi connectivity index (χ0v) is 9.13. The first-order chi connectivity index (χ1) is 7.27. The van der Waals surface area contributed by atoms with Gasteiger partial charge in [-0.3, -0.25) is 0 Å². The van der Waals surface area contributed by atoms with Crippen molar-refractivity contribution in [1.29, 1.82) is 0 Å². The number of para-hydroxylation sites is 1. The first kappa shape index (κ1) is 10.1. The van der Waals surface area contributed by atoms with Gasteiger partial charge in [-0.05, 0) is 31.5 Å². The van der Waals surface area contributed by atoms with E-state index < -0.39 is 0 Å². The number of aromatic amines is 1. The number of rotatable bonds is 3. The van der Waals surface area contributed by atoms with Gasteiger partial charge < -0.3 is 15.5 Å². The number of methoxy groups -OCH3 is 1. The maximum Gasteiger partial charge on any atom is 0.142 e. The number of ether oxygens (including phenoxy) is 1. The van der Waals surface area contributed by atoms with Crippen LogP contribution in [0.3, 0.4) is 0 Å². The smallest absolute Gasteiger partial charge is 0.142 e. The van der Waals surface area contributed by atoms with Crippen LogP contribution < -0.4 is 10.5 Å². The van der Waals surface area contributed by atoms with Crippen molar-refractivity contribution in [1.82, 2.24) is 4.98 Å². The van der Waals surface area contributed by atoms with Crippen LogP contribution >= 0.6 is 0 Å². The summed E-state index contributed by atoms with van der Waals surface area (Å²) in [4.78, 5) is 3.35. The van der Waals surface area contributed by atoms with Gasteiger partial charge in [0.25, 0.3) is 0 Å². The molecular formula is C12H16N2O. The van der Waals surface area contributed by atoms with Crippen LogP contribution in [0.5, 0.6) is 5.75 Å². The molecule has 0 bridgehead atoms. The van der Waals surface area contributed by atoms with E-state index in [9.17, 15) is 0 Å². The summed E-state index contributed by atoms with van der Waals surface area (Å²) in [6, 6.07) is 6.07. The Morgan fingerprint density at radius 2 is 2.20 bits per heavy atom. The van der Waals surface area contributed by atoms with Crippen molar-refractivity contribution in [2.45, 2.75) is 13.3 Å². The highest BCUT2D eigenvalue weighted by Gasteiger charge is 2.10. The van der Waals surface area contributed by atoms with E-state index in [0.717, 1.165) is 17.7 Å². The highest BCUT2D eigenvalue weighted by atomic mass is 16.5. The van der Waals surface area contributed by atoms with Crippen molar-refractivity contribution in [2.75, 3.05) is 13.7 Å². The Morgan fingerprint density at radius 1 is 1.40 bits per heavy atom. The Labute approximate surface area is 89.2 Å². The number of H-pyrrole nitrogens is 1. The van der Waals surface area contributed by atoms with Crippen LogP contribution in [-0.2, 0) is 6.42 Å². The third-order valence-corrected chi connectivity index (χ3v) is 2.73. The molecule has 0 saturated carbocycles. The van der Waals surface area contributed by atoms with Gasteiger partial charge in [0.1, 0.15) is 5.75 Å². The lowest BCUT2D eigenvalue weighted by molar-refractivity contribution is 0.419. The number of aryl methyl sites for hydroxylation is 1. The van der Waals surface area contributed by atoms with Crippen LogP contribution in [-0.4, -0.2) is 18.6 Å². The Kier molecular flexibility index (Phi) is 2.64. The summed E-state index contributed by atoms with van der Waals surface area (Å²) in [7, 11) is 1.69. The van der Waals surface area contributed by atoms with Crippen molar-refractivity contribution in [3.05, 3.63) is 29.5 Å². The van der Waals surface area contributed by atoms with Crippen molar-refractivity contribution < 1.29 is 4.74 Å². The molecule has 0 saturated heterocycles. The van der Waals surface area contributed by atoms with Gasteiger partial charge in [-0.25, -0.2) is 0 Å². The quantitative estimate of drug-likeness (QED) is 0.803. The number of hydrogen-bond acceptors (Lipinski definition) is 2. The van der Waals surface area contributed by atoms with Crippen LogP contribution in [0.4, 0.5) is 0 Å². The number of benzene rings is 1. The van der Waals surface area contributed by atoms with Gasteiger partial charge in [0.2, 0.25) is 0 Å². The molecule has 1 heterocycles. The third-order valence-electron chi connectivity index (χ3n) is 2.73. The average Bonchev–Trinajstić information content (AvgIpc) is 2.56.